The number of rotatable bonds is 7. The molecule has 0 aromatic heterocycles. The highest BCUT2D eigenvalue weighted by Crippen LogP contribution is 2.24. The summed E-state index contributed by atoms with van der Waals surface area (Å²) in [5.74, 6) is -0.310. The first kappa shape index (κ1) is 22.6. The normalized spacial score (nSPS) is 15.0. The van der Waals surface area contributed by atoms with Crippen LogP contribution in [0.1, 0.15) is 21.5 Å². The molecule has 9 heteroatoms. The second-order valence-electron chi connectivity index (χ2n) is 7.23. The van der Waals surface area contributed by atoms with Gasteiger partial charge in [-0.3, -0.25) is 14.0 Å². The van der Waals surface area contributed by atoms with Crippen LogP contribution in [0.15, 0.2) is 42.5 Å². The quantitative estimate of drug-likeness (QED) is 0.699. The summed E-state index contributed by atoms with van der Waals surface area (Å²) in [6.07, 6.45) is 1.11. The summed E-state index contributed by atoms with van der Waals surface area (Å²) in [5.41, 5.74) is 2.90. The molecule has 1 amide bonds. The number of morpholine rings is 1. The lowest BCUT2D eigenvalue weighted by molar-refractivity contribution is 0.0340. The zero-order chi connectivity index (χ0) is 21.7. The van der Waals surface area contributed by atoms with Gasteiger partial charge in [0.1, 0.15) is 0 Å². The number of sulfonamides is 1. The van der Waals surface area contributed by atoms with Gasteiger partial charge in [-0.15, -0.1) is 0 Å². The third kappa shape index (κ3) is 5.72. The van der Waals surface area contributed by atoms with Crippen molar-refractivity contribution in [1.82, 2.24) is 10.2 Å². The van der Waals surface area contributed by atoms with E-state index in [4.69, 9.17) is 16.3 Å². The van der Waals surface area contributed by atoms with Crippen LogP contribution < -0.4 is 9.62 Å². The molecule has 7 nitrogen and oxygen atoms in total. The van der Waals surface area contributed by atoms with E-state index in [0.29, 0.717) is 17.8 Å². The summed E-state index contributed by atoms with van der Waals surface area (Å²) < 4.78 is 29.9. The van der Waals surface area contributed by atoms with Gasteiger partial charge in [-0.2, -0.15) is 0 Å². The average Bonchev–Trinajstić information content (AvgIpc) is 2.72. The van der Waals surface area contributed by atoms with Crippen LogP contribution in [0.2, 0.25) is 5.02 Å². The van der Waals surface area contributed by atoms with E-state index in [1.54, 1.807) is 6.07 Å². The summed E-state index contributed by atoms with van der Waals surface area (Å²) in [6.45, 7) is 4.45. The number of benzene rings is 2. The van der Waals surface area contributed by atoms with E-state index < -0.39 is 10.0 Å². The van der Waals surface area contributed by atoms with Crippen LogP contribution in [0.5, 0.6) is 0 Å². The molecule has 0 spiro atoms. The fraction of sp³-hybridized carbons (Fsp3) is 0.381. The number of carbonyl (C=O) groups is 1. The standard InChI is InChI=1S/C21H26ClN3O4S/c1-24(30(2,27)28)18-7-8-19(20(22)13-18)21(26)23-14-16-5-3-4-6-17(16)15-25-9-11-29-12-10-25/h3-8,13H,9-12,14-15H2,1-2H3,(H,23,26). The van der Waals surface area contributed by atoms with E-state index in [-0.39, 0.29) is 10.9 Å². The zero-order valence-electron chi connectivity index (χ0n) is 17.1. The molecule has 0 unspecified atom stereocenters. The van der Waals surface area contributed by atoms with Crippen molar-refractivity contribution in [3.05, 3.63) is 64.2 Å². The molecular weight excluding hydrogens is 426 g/mol. The molecule has 162 valence electrons. The maximum Gasteiger partial charge on any atom is 0.253 e. The number of hydrogen-bond acceptors (Lipinski definition) is 5. The summed E-state index contributed by atoms with van der Waals surface area (Å²) in [7, 11) is -1.97. The second kappa shape index (κ2) is 9.78. The van der Waals surface area contributed by atoms with Crippen LogP contribution in [0.3, 0.4) is 0 Å². The highest BCUT2D eigenvalue weighted by Gasteiger charge is 2.17. The monoisotopic (exact) mass is 451 g/mol. The molecule has 2 aromatic carbocycles. The fourth-order valence-electron chi connectivity index (χ4n) is 3.23. The van der Waals surface area contributed by atoms with Crippen LogP contribution >= 0.6 is 11.6 Å². The molecule has 1 aliphatic heterocycles. The van der Waals surface area contributed by atoms with Crippen molar-refractivity contribution in [3.8, 4) is 0 Å². The van der Waals surface area contributed by atoms with Crippen molar-refractivity contribution in [2.24, 2.45) is 0 Å². The number of ether oxygens (including phenoxy) is 1. The largest absolute Gasteiger partial charge is 0.379 e. The minimum atomic E-state index is -3.41. The number of nitrogens with zero attached hydrogens (tertiary/aromatic N) is 2. The van der Waals surface area contributed by atoms with Gasteiger partial charge >= 0.3 is 0 Å². The fourth-order valence-corrected chi connectivity index (χ4v) is 3.99. The van der Waals surface area contributed by atoms with E-state index in [1.165, 1.54) is 19.2 Å². The Labute approximate surface area is 182 Å². The smallest absolute Gasteiger partial charge is 0.253 e. The summed E-state index contributed by atoms with van der Waals surface area (Å²) in [6, 6.07) is 12.6. The molecule has 0 radical (unpaired) electrons. The first-order valence-electron chi connectivity index (χ1n) is 9.64. The van der Waals surface area contributed by atoms with E-state index in [2.05, 4.69) is 16.3 Å². The van der Waals surface area contributed by atoms with Gasteiger partial charge in [-0.05, 0) is 29.3 Å². The SMILES string of the molecule is CN(c1ccc(C(=O)NCc2ccccc2CN2CCOCC2)c(Cl)c1)S(C)(=O)=O. The van der Waals surface area contributed by atoms with Gasteiger partial charge in [-0.25, -0.2) is 8.42 Å². The van der Waals surface area contributed by atoms with Gasteiger partial charge in [0.05, 0.1) is 35.7 Å². The Kier molecular flexibility index (Phi) is 7.36. The Bertz CT molecular complexity index is 1010. The first-order chi connectivity index (χ1) is 14.3. The number of amides is 1. The Morgan fingerprint density at radius 2 is 1.83 bits per heavy atom. The van der Waals surface area contributed by atoms with Crippen LogP contribution in [-0.2, 0) is 27.8 Å². The lowest BCUT2D eigenvalue weighted by atomic mass is 10.1. The molecule has 0 bridgehead atoms. The Hall–Kier alpha value is -2.13. The van der Waals surface area contributed by atoms with Crippen molar-refractivity contribution < 1.29 is 17.9 Å². The predicted octanol–water partition coefficient (Wildman–Crippen LogP) is 2.50. The summed E-state index contributed by atoms with van der Waals surface area (Å²) in [5, 5.41) is 3.11. The third-order valence-corrected chi connectivity index (χ3v) is 6.63. The third-order valence-electron chi connectivity index (χ3n) is 5.11. The van der Waals surface area contributed by atoms with Crippen LogP contribution in [0, 0.1) is 0 Å². The topological polar surface area (TPSA) is 79.0 Å². The number of halogens is 1. The van der Waals surface area contributed by atoms with Gasteiger partial charge < -0.3 is 10.1 Å². The average molecular weight is 452 g/mol. The molecule has 1 heterocycles. The molecule has 0 saturated carbocycles. The molecule has 1 fully saturated rings. The summed E-state index contributed by atoms with van der Waals surface area (Å²) >= 11 is 6.26. The maximum atomic E-state index is 12.7. The second-order valence-corrected chi connectivity index (χ2v) is 9.66. The Morgan fingerprint density at radius 3 is 2.47 bits per heavy atom. The molecule has 1 saturated heterocycles. The van der Waals surface area contributed by atoms with E-state index >= 15 is 0 Å². The highest BCUT2D eigenvalue weighted by atomic mass is 35.5. The summed E-state index contributed by atoms with van der Waals surface area (Å²) in [4.78, 5) is 15.0. The van der Waals surface area contributed by atoms with Crippen LogP contribution in [0.25, 0.3) is 0 Å². The molecule has 1 N–H and O–H groups in total. The van der Waals surface area contributed by atoms with Gasteiger partial charge in [-0.1, -0.05) is 35.9 Å². The van der Waals surface area contributed by atoms with E-state index in [1.807, 2.05) is 18.2 Å². The number of hydrogen-bond donors (Lipinski definition) is 1. The molecule has 2 aromatic rings. The van der Waals surface area contributed by atoms with Crippen molar-refractivity contribution >= 4 is 33.2 Å². The number of carbonyl (C=O) groups excluding carboxylic acids is 1. The van der Waals surface area contributed by atoms with Gasteiger partial charge in [0.25, 0.3) is 5.91 Å². The van der Waals surface area contributed by atoms with Crippen LogP contribution in [-0.4, -0.2) is 58.8 Å². The number of nitrogens with one attached hydrogen (secondary N) is 1. The Balaban J connectivity index is 1.67. The van der Waals surface area contributed by atoms with Crippen molar-refractivity contribution in [2.75, 3.05) is 43.9 Å². The lowest BCUT2D eigenvalue weighted by Gasteiger charge is -2.27. The van der Waals surface area contributed by atoms with Crippen molar-refractivity contribution in [3.63, 3.8) is 0 Å². The minimum Gasteiger partial charge on any atom is -0.379 e. The molecule has 3 rings (SSSR count). The highest BCUT2D eigenvalue weighted by molar-refractivity contribution is 7.92. The number of anilines is 1. The maximum absolute atomic E-state index is 12.7. The van der Waals surface area contributed by atoms with Gasteiger partial charge in [0, 0.05) is 33.2 Å². The molecule has 0 aliphatic carbocycles. The van der Waals surface area contributed by atoms with Gasteiger partial charge in [0.15, 0.2) is 0 Å². The molecule has 1 aliphatic rings. The lowest BCUT2D eigenvalue weighted by Crippen LogP contribution is -2.36. The van der Waals surface area contributed by atoms with Crippen molar-refractivity contribution in [1.29, 1.82) is 0 Å². The zero-order valence-corrected chi connectivity index (χ0v) is 18.7. The molecular formula is C21H26ClN3O4S. The first-order valence-corrected chi connectivity index (χ1v) is 11.9. The minimum absolute atomic E-state index is 0.196. The molecule has 0 atom stereocenters. The van der Waals surface area contributed by atoms with E-state index in [9.17, 15) is 13.2 Å². The Morgan fingerprint density at radius 1 is 1.17 bits per heavy atom. The predicted molar refractivity (Wildman–Crippen MR) is 118 cm³/mol. The van der Waals surface area contributed by atoms with E-state index in [0.717, 1.165) is 54.5 Å². The van der Waals surface area contributed by atoms with Gasteiger partial charge in [0.2, 0.25) is 10.0 Å². The van der Waals surface area contributed by atoms with Crippen LogP contribution in [0.4, 0.5) is 5.69 Å². The molecule has 30 heavy (non-hydrogen) atoms. The van der Waals surface area contributed by atoms with Crippen molar-refractivity contribution in [2.45, 2.75) is 13.1 Å².